The Labute approximate surface area is 128 Å². The van der Waals surface area contributed by atoms with Gasteiger partial charge < -0.3 is 0 Å². The zero-order valence-corrected chi connectivity index (χ0v) is 16.6. The largest absolute Gasteiger partial charge is 0.0682 e. The SMILES string of the molecule is C[SiH](C)c1ccc([SiH](C)C[SiH](C)c2ccccc2)cc1. The van der Waals surface area contributed by atoms with E-state index in [9.17, 15) is 0 Å². The summed E-state index contributed by atoms with van der Waals surface area (Å²) >= 11 is 0. The van der Waals surface area contributed by atoms with Crippen LogP contribution in [0.2, 0.25) is 31.9 Å². The predicted molar refractivity (Wildman–Crippen MR) is 101 cm³/mol. The minimum atomic E-state index is -0.763. The van der Waals surface area contributed by atoms with Gasteiger partial charge in [0, 0.05) is 0 Å². The van der Waals surface area contributed by atoms with Crippen LogP contribution in [0.1, 0.15) is 0 Å². The summed E-state index contributed by atoms with van der Waals surface area (Å²) in [6.07, 6.45) is 0. The van der Waals surface area contributed by atoms with E-state index < -0.39 is 26.4 Å². The fourth-order valence-corrected chi connectivity index (χ4v) is 11.9. The molecule has 106 valence electrons. The van der Waals surface area contributed by atoms with Gasteiger partial charge in [-0.25, -0.2) is 0 Å². The molecule has 0 aliphatic heterocycles. The lowest BCUT2D eigenvalue weighted by molar-refractivity contribution is 1.69. The predicted octanol–water partition coefficient (Wildman–Crippen LogP) is 1.75. The van der Waals surface area contributed by atoms with E-state index in [1.165, 1.54) is 5.67 Å². The van der Waals surface area contributed by atoms with E-state index in [-0.39, 0.29) is 0 Å². The summed E-state index contributed by atoms with van der Waals surface area (Å²) in [4.78, 5) is 0. The Kier molecular flexibility index (Phi) is 5.57. The van der Waals surface area contributed by atoms with Crippen LogP contribution in [0.15, 0.2) is 54.6 Å². The third-order valence-electron chi connectivity index (χ3n) is 4.25. The Morgan fingerprint density at radius 2 is 1.05 bits per heavy atom. The minimum Gasteiger partial charge on any atom is -0.0682 e. The van der Waals surface area contributed by atoms with Crippen LogP contribution in [0.4, 0.5) is 0 Å². The summed E-state index contributed by atoms with van der Waals surface area (Å²) in [7, 11) is -2.15. The molecule has 0 N–H and O–H groups in total. The van der Waals surface area contributed by atoms with Gasteiger partial charge in [-0.3, -0.25) is 0 Å². The van der Waals surface area contributed by atoms with Gasteiger partial charge in [-0.2, -0.15) is 0 Å². The van der Waals surface area contributed by atoms with E-state index in [2.05, 4.69) is 80.8 Å². The normalized spacial score (nSPS) is 14.2. The molecule has 2 unspecified atom stereocenters. The molecule has 2 rings (SSSR count). The van der Waals surface area contributed by atoms with Crippen LogP contribution in [0.25, 0.3) is 0 Å². The summed E-state index contributed by atoms with van der Waals surface area (Å²) in [5.41, 5.74) is 1.49. The van der Waals surface area contributed by atoms with Gasteiger partial charge in [0.15, 0.2) is 0 Å². The standard InChI is InChI=1S/C17H26Si3/c1-18(2)15-10-12-17(13-11-15)20(4)14-19(3)16-8-6-5-7-9-16/h5-13,18-20H,14H2,1-4H3. The maximum absolute atomic E-state index is 2.52. The van der Waals surface area contributed by atoms with E-state index in [1.54, 1.807) is 15.6 Å². The minimum absolute atomic E-state index is 0.634. The third-order valence-corrected chi connectivity index (χ3v) is 14.7. The molecule has 0 nitrogen and oxygen atoms in total. The molecule has 2 aromatic carbocycles. The summed E-state index contributed by atoms with van der Waals surface area (Å²) in [5.74, 6) is 0. The molecule has 0 saturated carbocycles. The van der Waals surface area contributed by atoms with Crippen LogP contribution >= 0.6 is 0 Å². The van der Waals surface area contributed by atoms with E-state index in [1.807, 2.05) is 0 Å². The molecule has 3 heteroatoms. The molecule has 0 heterocycles. The van der Waals surface area contributed by atoms with Gasteiger partial charge in [-0.05, 0) is 0 Å². The highest BCUT2D eigenvalue weighted by atomic mass is 28.3. The molecule has 0 radical (unpaired) electrons. The Balaban J connectivity index is 2.02. The van der Waals surface area contributed by atoms with E-state index in [0.29, 0.717) is 0 Å². The topological polar surface area (TPSA) is 0 Å². The van der Waals surface area contributed by atoms with Gasteiger partial charge in [0.05, 0.1) is 26.4 Å². The first-order valence-corrected chi connectivity index (χ1v) is 15.7. The Hall–Kier alpha value is -0.909. The highest BCUT2D eigenvalue weighted by molar-refractivity contribution is 6.89. The van der Waals surface area contributed by atoms with Gasteiger partial charge in [-0.15, -0.1) is 0 Å². The first-order chi connectivity index (χ1) is 9.58. The molecule has 0 aliphatic carbocycles. The second kappa shape index (κ2) is 7.20. The maximum atomic E-state index is 2.52. The summed E-state index contributed by atoms with van der Waals surface area (Å²) in [5, 5.41) is 4.88. The van der Waals surface area contributed by atoms with Gasteiger partial charge in [0.25, 0.3) is 0 Å². The van der Waals surface area contributed by atoms with E-state index >= 15 is 0 Å². The smallest absolute Gasteiger partial charge is 0.0652 e. The first-order valence-electron chi connectivity index (χ1n) is 7.72. The lowest BCUT2D eigenvalue weighted by Gasteiger charge is -2.16. The van der Waals surface area contributed by atoms with Crippen molar-refractivity contribution in [3.05, 3.63) is 54.6 Å². The van der Waals surface area contributed by atoms with Crippen LogP contribution in [0.3, 0.4) is 0 Å². The Morgan fingerprint density at radius 3 is 1.55 bits per heavy atom. The molecular weight excluding hydrogens is 288 g/mol. The number of hydrogen-bond donors (Lipinski definition) is 0. The monoisotopic (exact) mass is 314 g/mol. The van der Waals surface area contributed by atoms with Crippen molar-refractivity contribution in [1.82, 2.24) is 0 Å². The molecule has 0 spiro atoms. The van der Waals surface area contributed by atoms with Crippen molar-refractivity contribution in [3.8, 4) is 0 Å². The first kappa shape index (κ1) is 15.5. The van der Waals surface area contributed by atoms with Gasteiger partial charge in [-0.1, -0.05) is 102 Å². The van der Waals surface area contributed by atoms with Crippen molar-refractivity contribution in [3.63, 3.8) is 0 Å². The van der Waals surface area contributed by atoms with E-state index in [0.717, 1.165) is 0 Å². The lowest BCUT2D eigenvalue weighted by atomic mass is 10.4. The fraction of sp³-hybridized carbons (Fsp3) is 0.294. The second-order valence-electron chi connectivity index (χ2n) is 6.27. The molecule has 20 heavy (non-hydrogen) atoms. The lowest BCUT2D eigenvalue weighted by Crippen LogP contribution is -2.38. The Morgan fingerprint density at radius 1 is 0.600 bits per heavy atom. The maximum Gasteiger partial charge on any atom is 0.0652 e. The quantitative estimate of drug-likeness (QED) is 0.738. The molecule has 0 aliphatic rings. The van der Waals surface area contributed by atoms with Crippen LogP contribution < -0.4 is 15.6 Å². The number of rotatable bonds is 5. The number of hydrogen-bond acceptors (Lipinski definition) is 0. The Bertz CT molecular complexity index is 520. The van der Waals surface area contributed by atoms with Gasteiger partial charge >= 0.3 is 0 Å². The van der Waals surface area contributed by atoms with Crippen LogP contribution in [0, 0.1) is 0 Å². The fourth-order valence-electron chi connectivity index (χ4n) is 2.79. The summed E-state index contributed by atoms with van der Waals surface area (Å²) in [6.45, 7) is 9.84. The molecule has 2 aromatic rings. The van der Waals surface area contributed by atoms with E-state index in [4.69, 9.17) is 0 Å². The molecule has 0 bridgehead atoms. The van der Waals surface area contributed by atoms with Crippen molar-refractivity contribution in [2.75, 3.05) is 0 Å². The van der Waals surface area contributed by atoms with Crippen LogP contribution in [0.5, 0.6) is 0 Å². The molecule has 2 atom stereocenters. The van der Waals surface area contributed by atoms with Crippen molar-refractivity contribution >= 4 is 42.0 Å². The highest BCUT2D eigenvalue weighted by Crippen LogP contribution is 2.01. The van der Waals surface area contributed by atoms with Crippen molar-refractivity contribution in [1.29, 1.82) is 0 Å². The zero-order valence-electron chi connectivity index (χ0n) is 13.1. The zero-order chi connectivity index (χ0) is 14.5. The molecule has 0 fully saturated rings. The van der Waals surface area contributed by atoms with Gasteiger partial charge in [0.1, 0.15) is 0 Å². The highest BCUT2D eigenvalue weighted by Gasteiger charge is 2.15. The molecular formula is C17H26Si3. The second-order valence-corrected chi connectivity index (χ2v) is 16.1. The molecule has 0 saturated heterocycles. The van der Waals surface area contributed by atoms with Crippen molar-refractivity contribution in [2.45, 2.75) is 31.9 Å². The van der Waals surface area contributed by atoms with Gasteiger partial charge in [0.2, 0.25) is 0 Å². The van der Waals surface area contributed by atoms with Crippen LogP contribution in [-0.4, -0.2) is 26.4 Å². The summed E-state index contributed by atoms with van der Waals surface area (Å²) in [6, 6.07) is 20.8. The molecule has 0 aromatic heterocycles. The van der Waals surface area contributed by atoms with Crippen molar-refractivity contribution < 1.29 is 0 Å². The third kappa shape index (κ3) is 4.04. The average Bonchev–Trinajstić information content (AvgIpc) is 2.48. The summed E-state index contributed by atoms with van der Waals surface area (Å²) < 4.78 is 0. The average molecular weight is 315 g/mol. The van der Waals surface area contributed by atoms with Crippen molar-refractivity contribution in [2.24, 2.45) is 0 Å². The number of benzene rings is 2. The van der Waals surface area contributed by atoms with Crippen LogP contribution in [-0.2, 0) is 0 Å². The molecule has 0 amide bonds.